The molecule has 3 aromatic rings. The van der Waals surface area contributed by atoms with Gasteiger partial charge in [0.1, 0.15) is 23.4 Å². The predicted octanol–water partition coefficient (Wildman–Crippen LogP) is 4.75. The molecule has 2 amide bonds. The summed E-state index contributed by atoms with van der Waals surface area (Å²) in [5.41, 5.74) is 1.12. The van der Waals surface area contributed by atoms with E-state index in [1.54, 1.807) is 24.3 Å². The lowest BCUT2D eigenvalue weighted by Crippen LogP contribution is -2.41. The first-order valence-electron chi connectivity index (χ1n) is 9.31. The minimum Gasteiger partial charge on any atom is -0.457 e. The topological polar surface area (TPSA) is 58.6 Å². The molecule has 1 fully saturated rings. The summed E-state index contributed by atoms with van der Waals surface area (Å²) in [4.78, 5) is 26.6. The Morgan fingerprint density at radius 2 is 1.59 bits per heavy atom. The number of rotatable bonds is 5. The van der Waals surface area contributed by atoms with Crippen molar-refractivity contribution in [2.45, 2.75) is 18.9 Å². The van der Waals surface area contributed by atoms with Crippen molar-refractivity contribution >= 4 is 23.2 Å². The lowest BCUT2D eigenvalue weighted by Gasteiger charge is -2.24. The van der Waals surface area contributed by atoms with Gasteiger partial charge in [-0.05, 0) is 67.1 Å². The van der Waals surface area contributed by atoms with Crippen LogP contribution in [0.3, 0.4) is 0 Å². The van der Waals surface area contributed by atoms with E-state index in [1.165, 1.54) is 29.2 Å². The Morgan fingerprint density at radius 1 is 0.931 bits per heavy atom. The van der Waals surface area contributed by atoms with Crippen LogP contribution < -0.4 is 15.0 Å². The van der Waals surface area contributed by atoms with Gasteiger partial charge in [-0.2, -0.15) is 0 Å². The van der Waals surface area contributed by atoms with E-state index in [9.17, 15) is 14.0 Å². The van der Waals surface area contributed by atoms with Gasteiger partial charge in [-0.15, -0.1) is 0 Å². The number of hydrogen-bond acceptors (Lipinski definition) is 3. The Morgan fingerprint density at radius 3 is 2.28 bits per heavy atom. The summed E-state index contributed by atoms with van der Waals surface area (Å²) in [5, 5.41) is 2.75. The van der Waals surface area contributed by atoms with Gasteiger partial charge in [0.05, 0.1) is 0 Å². The van der Waals surface area contributed by atoms with Crippen molar-refractivity contribution in [2.24, 2.45) is 0 Å². The van der Waals surface area contributed by atoms with E-state index in [1.807, 2.05) is 30.3 Å². The van der Waals surface area contributed by atoms with Crippen molar-refractivity contribution in [1.82, 2.24) is 0 Å². The first-order chi connectivity index (χ1) is 14.1. The smallest absolute Gasteiger partial charge is 0.247 e. The molecule has 5 nitrogen and oxygen atoms in total. The van der Waals surface area contributed by atoms with Gasteiger partial charge in [-0.25, -0.2) is 4.39 Å². The summed E-state index contributed by atoms with van der Waals surface area (Å²) < 4.78 is 18.8. The number of para-hydroxylation sites is 1. The van der Waals surface area contributed by atoms with E-state index >= 15 is 0 Å². The monoisotopic (exact) mass is 390 g/mol. The number of hydrogen-bond donors (Lipinski definition) is 1. The SMILES string of the molecule is O=C(Nc1ccc(F)cc1)C1CCC(=O)N1c1ccc(Oc2ccccc2)cc1. The quantitative estimate of drug-likeness (QED) is 0.684. The second-order valence-electron chi connectivity index (χ2n) is 6.72. The Balaban J connectivity index is 1.48. The number of halogens is 1. The van der Waals surface area contributed by atoms with E-state index in [-0.39, 0.29) is 17.6 Å². The molecule has 146 valence electrons. The molecule has 0 aliphatic carbocycles. The minimum atomic E-state index is -0.617. The fourth-order valence-electron chi connectivity index (χ4n) is 3.31. The van der Waals surface area contributed by atoms with Gasteiger partial charge >= 0.3 is 0 Å². The molecule has 4 rings (SSSR count). The van der Waals surface area contributed by atoms with E-state index in [0.29, 0.717) is 35.7 Å². The number of benzene rings is 3. The first kappa shape index (κ1) is 18.7. The fraction of sp³-hybridized carbons (Fsp3) is 0.130. The highest BCUT2D eigenvalue weighted by molar-refractivity contribution is 6.07. The summed E-state index contributed by atoms with van der Waals surface area (Å²) in [6.45, 7) is 0. The lowest BCUT2D eigenvalue weighted by atomic mass is 10.2. The van der Waals surface area contributed by atoms with Crippen LogP contribution >= 0.6 is 0 Å². The number of carbonyl (C=O) groups excluding carboxylic acids is 2. The number of ether oxygens (including phenoxy) is 1. The zero-order valence-corrected chi connectivity index (χ0v) is 15.5. The van der Waals surface area contributed by atoms with E-state index < -0.39 is 6.04 Å². The zero-order chi connectivity index (χ0) is 20.2. The van der Waals surface area contributed by atoms with Gasteiger partial charge in [-0.1, -0.05) is 18.2 Å². The number of anilines is 2. The van der Waals surface area contributed by atoms with Crippen molar-refractivity contribution in [3.63, 3.8) is 0 Å². The second kappa shape index (κ2) is 8.14. The molecule has 1 saturated heterocycles. The number of nitrogens with one attached hydrogen (secondary N) is 1. The minimum absolute atomic E-state index is 0.110. The third-order valence-electron chi connectivity index (χ3n) is 4.72. The molecule has 1 aliphatic rings. The van der Waals surface area contributed by atoms with Crippen LogP contribution in [0.15, 0.2) is 78.9 Å². The molecule has 1 atom stereocenters. The Kier molecular flexibility index (Phi) is 5.24. The number of nitrogens with zero attached hydrogens (tertiary/aromatic N) is 1. The molecule has 0 radical (unpaired) electrons. The molecule has 6 heteroatoms. The summed E-state index contributed by atoms with van der Waals surface area (Å²) in [7, 11) is 0. The van der Waals surface area contributed by atoms with Gasteiger partial charge in [-0.3, -0.25) is 14.5 Å². The number of amides is 2. The standard InChI is InChI=1S/C23H19FN2O3/c24-16-6-8-17(9-7-16)25-23(28)21-14-15-22(27)26(21)18-10-12-20(13-11-18)29-19-4-2-1-3-5-19/h1-13,21H,14-15H2,(H,25,28). The molecular weight excluding hydrogens is 371 g/mol. The average molecular weight is 390 g/mol. The van der Waals surface area contributed by atoms with E-state index in [0.717, 1.165) is 0 Å². The van der Waals surface area contributed by atoms with Crippen molar-refractivity contribution in [1.29, 1.82) is 0 Å². The van der Waals surface area contributed by atoms with Gasteiger partial charge in [0.2, 0.25) is 11.8 Å². The largest absolute Gasteiger partial charge is 0.457 e. The van der Waals surface area contributed by atoms with Crippen LogP contribution in [0.1, 0.15) is 12.8 Å². The highest BCUT2D eigenvalue weighted by Gasteiger charge is 2.37. The normalized spacial score (nSPS) is 16.0. The van der Waals surface area contributed by atoms with Crippen LogP contribution in [0, 0.1) is 5.82 Å². The van der Waals surface area contributed by atoms with E-state index in [2.05, 4.69) is 5.32 Å². The van der Waals surface area contributed by atoms with Gasteiger partial charge in [0.25, 0.3) is 0 Å². The van der Waals surface area contributed by atoms with Gasteiger partial charge in [0, 0.05) is 17.8 Å². The summed E-state index contributed by atoms with van der Waals surface area (Å²) in [5.74, 6) is 0.569. The lowest BCUT2D eigenvalue weighted by molar-refractivity contribution is -0.120. The Labute approximate surface area is 167 Å². The number of carbonyl (C=O) groups is 2. The van der Waals surface area contributed by atoms with E-state index in [4.69, 9.17) is 4.74 Å². The van der Waals surface area contributed by atoms with Crippen molar-refractivity contribution in [3.05, 3.63) is 84.7 Å². The summed E-state index contributed by atoms with van der Waals surface area (Å²) >= 11 is 0. The maximum Gasteiger partial charge on any atom is 0.247 e. The molecule has 1 aliphatic heterocycles. The van der Waals surface area contributed by atoms with Crippen LogP contribution in [-0.2, 0) is 9.59 Å². The molecule has 0 bridgehead atoms. The zero-order valence-electron chi connectivity index (χ0n) is 15.5. The van der Waals surface area contributed by atoms with Crippen LogP contribution in [0.25, 0.3) is 0 Å². The van der Waals surface area contributed by atoms with Gasteiger partial charge in [0.15, 0.2) is 0 Å². The van der Waals surface area contributed by atoms with Crippen LogP contribution in [0.5, 0.6) is 11.5 Å². The third kappa shape index (κ3) is 4.27. The molecule has 0 aromatic heterocycles. The van der Waals surface area contributed by atoms with Crippen molar-refractivity contribution < 1.29 is 18.7 Å². The Hall–Kier alpha value is -3.67. The molecule has 1 unspecified atom stereocenters. The average Bonchev–Trinajstić information content (AvgIpc) is 3.13. The molecule has 29 heavy (non-hydrogen) atoms. The second-order valence-corrected chi connectivity index (χ2v) is 6.72. The molecule has 0 spiro atoms. The maximum absolute atomic E-state index is 13.1. The first-order valence-corrected chi connectivity index (χ1v) is 9.31. The maximum atomic E-state index is 13.1. The molecular formula is C23H19FN2O3. The molecule has 0 saturated carbocycles. The highest BCUT2D eigenvalue weighted by atomic mass is 19.1. The third-order valence-corrected chi connectivity index (χ3v) is 4.72. The summed E-state index contributed by atoms with van der Waals surface area (Å²) in [6, 6.07) is 21.4. The predicted molar refractivity (Wildman–Crippen MR) is 108 cm³/mol. The van der Waals surface area contributed by atoms with Crippen LogP contribution in [0.4, 0.5) is 15.8 Å². The molecule has 1 N–H and O–H groups in total. The molecule has 1 heterocycles. The Bertz CT molecular complexity index is 1000. The van der Waals surface area contributed by atoms with Crippen LogP contribution in [-0.4, -0.2) is 17.9 Å². The molecule has 3 aromatic carbocycles. The summed E-state index contributed by atoms with van der Waals surface area (Å²) in [6.07, 6.45) is 0.720. The fourth-order valence-corrected chi connectivity index (χ4v) is 3.31. The van der Waals surface area contributed by atoms with Crippen LogP contribution in [0.2, 0.25) is 0 Å². The van der Waals surface area contributed by atoms with Crippen molar-refractivity contribution in [3.8, 4) is 11.5 Å². The van der Waals surface area contributed by atoms with Gasteiger partial charge < -0.3 is 10.1 Å². The van der Waals surface area contributed by atoms with Crippen molar-refractivity contribution in [2.75, 3.05) is 10.2 Å². The highest BCUT2D eigenvalue weighted by Crippen LogP contribution is 2.30.